The number of unbranched alkanes of at least 4 members (excludes halogenated alkanes) is 2. The molecule has 0 spiro atoms. The van der Waals surface area contributed by atoms with Crippen molar-refractivity contribution < 1.29 is 22.8 Å². The molecule has 0 bridgehead atoms. The first kappa shape index (κ1) is 33.0. The third-order valence-electron chi connectivity index (χ3n) is 9.50. The Morgan fingerprint density at radius 1 is 0.911 bits per heavy atom. The summed E-state index contributed by atoms with van der Waals surface area (Å²) in [4.78, 5) is 2.33. The molecule has 3 aromatic carbocycles. The van der Waals surface area contributed by atoms with E-state index in [1.54, 1.807) is 6.07 Å². The van der Waals surface area contributed by atoms with E-state index in [-0.39, 0.29) is 5.75 Å². The van der Waals surface area contributed by atoms with Crippen molar-refractivity contribution in [2.24, 2.45) is 5.41 Å². The maximum absolute atomic E-state index is 14.1. The molecule has 2 heterocycles. The van der Waals surface area contributed by atoms with Gasteiger partial charge < -0.3 is 14.7 Å². The second-order valence-electron chi connectivity index (χ2n) is 12.9. The Hall–Kier alpha value is -3.42. The summed E-state index contributed by atoms with van der Waals surface area (Å²) in [6.45, 7) is 5.68. The van der Waals surface area contributed by atoms with Crippen LogP contribution in [-0.4, -0.2) is 46.1 Å². The maximum Gasteiger partial charge on any atom is 0.212 e. The average molecular weight is 630 g/mol. The highest BCUT2D eigenvalue weighted by molar-refractivity contribution is 7.91. The van der Waals surface area contributed by atoms with E-state index in [1.807, 2.05) is 55.4 Å². The standard InChI is InChI=1S/C38H49N2O4S/c1-5-7-22-38(23-8-6-2)28-45(42,43)35-21-18-31(39(3)4)27-33(35)36(37(38)41)30-16-19-32(20-17-30)44-26-12-25-40-24-11-14-29-13-9-10-15-34(29)40/h9-11,13-21,24,27,36-37,41H,5-8,12,22-23,25-26,28H2,1-4H3/q+1/t36-,37-/m1/s1. The quantitative estimate of drug-likeness (QED) is 0.124. The van der Waals surface area contributed by atoms with Crippen molar-refractivity contribution in [3.05, 3.63) is 96.2 Å². The molecule has 1 N–H and O–H groups in total. The Morgan fingerprint density at radius 2 is 1.60 bits per heavy atom. The lowest BCUT2D eigenvalue weighted by molar-refractivity contribution is -0.671. The molecule has 2 atom stereocenters. The highest BCUT2D eigenvalue weighted by Gasteiger charge is 2.49. The molecule has 0 radical (unpaired) electrons. The predicted molar refractivity (Wildman–Crippen MR) is 183 cm³/mol. The highest BCUT2D eigenvalue weighted by Crippen LogP contribution is 2.50. The fourth-order valence-corrected chi connectivity index (χ4v) is 9.19. The van der Waals surface area contributed by atoms with Crippen molar-refractivity contribution in [2.45, 2.75) is 82.3 Å². The Balaban J connectivity index is 1.43. The lowest BCUT2D eigenvalue weighted by Gasteiger charge is -2.40. The number of nitrogens with zero attached hydrogens (tertiary/aromatic N) is 2. The van der Waals surface area contributed by atoms with E-state index in [1.165, 1.54) is 10.9 Å². The van der Waals surface area contributed by atoms with E-state index >= 15 is 0 Å². The number of aromatic nitrogens is 1. The van der Waals surface area contributed by atoms with Gasteiger partial charge in [-0.3, -0.25) is 0 Å². The van der Waals surface area contributed by atoms with Gasteiger partial charge in [-0.15, -0.1) is 0 Å². The van der Waals surface area contributed by atoms with Crippen molar-refractivity contribution >= 4 is 26.4 Å². The molecule has 1 aliphatic rings. The van der Waals surface area contributed by atoms with E-state index in [4.69, 9.17) is 4.74 Å². The number of anilines is 1. The Bertz CT molecular complexity index is 1670. The average Bonchev–Trinajstić information content (AvgIpc) is 3.11. The molecular weight excluding hydrogens is 580 g/mol. The second-order valence-corrected chi connectivity index (χ2v) is 14.9. The third-order valence-corrected chi connectivity index (χ3v) is 11.5. The van der Waals surface area contributed by atoms with Gasteiger partial charge in [0.15, 0.2) is 22.6 Å². The number of para-hydroxylation sites is 1. The van der Waals surface area contributed by atoms with Crippen LogP contribution in [0.25, 0.3) is 10.9 Å². The molecule has 0 fully saturated rings. The number of sulfone groups is 1. The zero-order chi connectivity index (χ0) is 32.0. The van der Waals surface area contributed by atoms with Gasteiger partial charge in [0.2, 0.25) is 5.52 Å². The van der Waals surface area contributed by atoms with Crippen LogP contribution in [-0.2, 0) is 16.4 Å². The van der Waals surface area contributed by atoms with E-state index in [2.05, 4.69) is 61.0 Å². The topological polar surface area (TPSA) is 70.7 Å². The van der Waals surface area contributed by atoms with Gasteiger partial charge >= 0.3 is 0 Å². The van der Waals surface area contributed by atoms with E-state index in [9.17, 15) is 13.5 Å². The van der Waals surface area contributed by atoms with Gasteiger partial charge in [0.1, 0.15) is 5.75 Å². The molecule has 0 saturated carbocycles. The SMILES string of the molecule is CCCCC1(CCCC)CS(=O)(=O)c2ccc(N(C)C)cc2[C@@H](c2ccc(OCCC[n+]3cccc4ccccc43)cc2)[C@H]1O. The van der Waals surface area contributed by atoms with E-state index < -0.39 is 27.3 Å². The zero-order valence-electron chi connectivity index (χ0n) is 27.3. The molecule has 6 nitrogen and oxygen atoms in total. The zero-order valence-corrected chi connectivity index (χ0v) is 28.1. The van der Waals surface area contributed by atoms with Crippen molar-refractivity contribution in [1.29, 1.82) is 0 Å². The minimum absolute atomic E-state index is 0.0259. The summed E-state index contributed by atoms with van der Waals surface area (Å²) in [6.07, 6.45) is 7.16. The third kappa shape index (κ3) is 7.20. The maximum atomic E-state index is 14.1. The van der Waals surface area contributed by atoms with Gasteiger partial charge in [0.25, 0.3) is 0 Å². The van der Waals surface area contributed by atoms with Gasteiger partial charge in [-0.25, -0.2) is 8.42 Å². The van der Waals surface area contributed by atoms with Crippen LogP contribution >= 0.6 is 0 Å². The molecule has 7 heteroatoms. The summed E-state index contributed by atoms with van der Waals surface area (Å²) in [5.41, 5.74) is 3.00. The molecule has 0 amide bonds. The second kappa shape index (κ2) is 14.3. The minimum Gasteiger partial charge on any atom is -0.493 e. The number of aliphatic hydroxyl groups is 1. The number of fused-ring (bicyclic) bond motifs is 2. The summed E-state index contributed by atoms with van der Waals surface area (Å²) < 4.78 is 36.5. The van der Waals surface area contributed by atoms with Crippen molar-refractivity contribution in [3.63, 3.8) is 0 Å². The van der Waals surface area contributed by atoms with Gasteiger partial charge in [-0.1, -0.05) is 63.8 Å². The van der Waals surface area contributed by atoms with Crippen LogP contribution < -0.4 is 14.2 Å². The minimum atomic E-state index is -3.63. The molecule has 0 aliphatic carbocycles. The van der Waals surface area contributed by atoms with E-state index in [0.717, 1.165) is 55.6 Å². The lowest BCUT2D eigenvalue weighted by Crippen LogP contribution is -2.43. The number of aliphatic hydroxyl groups excluding tert-OH is 1. The lowest BCUT2D eigenvalue weighted by atomic mass is 9.68. The normalized spacial score (nSPS) is 18.7. The monoisotopic (exact) mass is 629 g/mol. The van der Waals surface area contributed by atoms with Gasteiger partial charge in [0, 0.05) is 55.1 Å². The van der Waals surface area contributed by atoms with Gasteiger partial charge in [-0.2, -0.15) is 4.57 Å². The van der Waals surface area contributed by atoms with E-state index in [0.29, 0.717) is 29.9 Å². The number of hydrogen-bond donors (Lipinski definition) is 1. The highest BCUT2D eigenvalue weighted by atomic mass is 32.2. The number of aryl methyl sites for hydroxylation is 1. The van der Waals surface area contributed by atoms with Crippen LogP contribution in [0.5, 0.6) is 5.75 Å². The number of hydrogen-bond acceptors (Lipinski definition) is 5. The van der Waals surface area contributed by atoms with Crippen LogP contribution in [0.1, 0.15) is 75.8 Å². The largest absolute Gasteiger partial charge is 0.493 e. The molecule has 5 rings (SSSR count). The summed E-state index contributed by atoms with van der Waals surface area (Å²) in [5.74, 6) is 0.271. The Labute approximate surface area is 269 Å². The van der Waals surface area contributed by atoms with Crippen molar-refractivity contribution in [3.8, 4) is 5.75 Å². The Kier molecular flexibility index (Phi) is 10.5. The summed E-state index contributed by atoms with van der Waals surface area (Å²) in [7, 11) is 0.281. The van der Waals surface area contributed by atoms with Crippen LogP contribution in [0.3, 0.4) is 0 Å². The molecular formula is C38H49N2O4S+. The number of ether oxygens (including phenoxy) is 1. The molecule has 240 valence electrons. The molecule has 1 aromatic heterocycles. The number of rotatable bonds is 13. The first-order valence-electron chi connectivity index (χ1n) is 16.5. The summed E-state index contributed by atoms with van der Waals surface area (Å²) in [6, 6.07) is 26.1. The number of pyridine rings is 1. The smallest absolute Gasteiger partial charge is 0.212 e. The summed E-state index contributed by atoms with van der Waals surface area (Å²) >= 11 is 0. The van der Waals surface area contributed by atoms with Crippen LogP contribution in [0.2, 0.25) is 0 Å². The molecule has 4 aromatic rings. The number of benzene rings is 3. The van der Waals surface area contributed by atoms with Crippen LogP contribution in [0, 0.1) is 5.41 Å². The molecule has 0 unspecified atom stereocenters. The van der Waals surface area contributed by atoms with Crippen LogP contribution in [0.15, 0.2) is 90.0 Å². The first-order chi connectivity index (χ1) is 21.7. The molecule has 45 heavy (non-hydrogen) atoms. The fourth-order valence-electron chi connectivity index (χ4n) is 7.00. The first-order valence-corrected chi connectivity index (χ1v) is 18.2. The van der Waals surface area contributed by atoms with Crippen molar-refractivity contribution in [1.82, 2.24) is 0 Å². The van der Waals surface area contributed by atoms with Crippen molar-refractivity contribution in [2.75, 3.05) is 31.4 Å². The summed E-state index contributed by atoms with van der Waals surface area (Å²) in [5, 5.41) is 13.6. The van der Waals surface area contributed by atoms with Crippen LogP contribution in [0.4, 0.5) is 5.69 Å². The predicted octanol–water partition coefficient (Wildman–Crippen LogP) is 7.31. The Morgan fingerprint density at radius 3 is 2.29 bits per heavy atom. The molecule has 0 saturated heterocycles. The van der Waals surface area contributed by atoms with Gasteiger partial charge in [0.05, 0.1) is 23.4 Å². The fraction of sp³-hybridized carbons (Fsp3) is 0.447. The van der Waals surface area contributed by atoms with Gasteiger partial charge in [-0.05, 0) is 66.4 Å². The molecule has 1 aliphatic heterocycles.